The molecule has 1 amide bonds. The van der Waals surface area contributed by atoms with E-state index in [-0.39, 0.29) is 13.2 Å². The largest absolute Gasteiger partial charge is 0.451 e. The molecule has 3 aromatic rings. The third kappa shape index (κ3) is 5.07. The quantitative estimate of drug-likeness (QED) is 0.577. The Bertz CT molecular complexity index is 972. The monoisotopic (exact) mass is 418 g/mol. The summed E-state index contributed by atoms with van der Waals surface area (Å²) in [6.07, 6.45) is -0.961. The first-order valence-corrected chi connectivity index (χ1v) is 9.81. The van der Waals surface area contributed by atoms with Crippen LogP contribution in [0.4, 0.5) is 5.69 Å². The van der Waals surface area contributed by atoms with Crippen molar-refractivity contribution >= 4 is 50.7 Å². The van der Waals surface area contributed by atoms with E-state index in [0.29, 0.717) is 10.7 Å². The molecule has 0 bridgehead atoms. The van der Waals surface area contributed by atoms with Crippen molar-refractivity contribution in [3.63, 3.8) is 0 Å². The van der Waals surface area contributed by atoms with Crippen LogP contribution in [0.15, 0.2) is 42.5 Å². The van der Waals surface area contributed by atoms with E-state index in [1.54, 1.807) is 25.1 Å². The molecule has 146 valence electrons. The minimum absolute atomic E-state index is 0.205. The molecule has 1 heterocycles. The standard InChI is InChI=1S/C20H19ClN2O4S/c1-12-14(21)6-5-8-15(12)23-20(25)13(2)27-19(24)11-26-10-18-22-16-7-3-4-9-17(16)28-18/h3-9,13H,10-11H2,1-2H3,(H,23,25)/t13-/m0/s1. The molecule has 3 rings (SSSR count). The number of carbonyl (C=O) groups excluding carboxylic acids is 2. The smallest absolute Gasteiger partial charge is 0.332 e. The van der Waals surface area contributed by atoms with Gasteiger partial charge in [0.1, 0.15) is 11.6 Å². The molecule has 8 heteroatoms. The Morgan fingerprint density at radius 3 is 2.79 bits per heavy atom. The van der Waals surface area contributed by atoms with Crippen molar-refractivity contribution in [2.24, 2.45) is 0 Å². The second-order valence-electron chi connectivity index (χ2n) is 6.10. The van der Waals surface area contributed by atoms with E-state index < -0.39 is 18.0 Å². The van der Waals surface area contributed by atoms with Gasteiger partial charge in [0.2, 0.25) is 0 Å². The summed E-state index contributed by atoms with van der Waals surface area (Å²) < 4.78 is 11.6. The van der Waals surface area contributed by atoms with E-state index in [2.05, 4.69) is 10.3 Å². The van der Waals surface area contributed by atoms with E-state index in [1.807, 2.05) is 24.3 Å². The molecule has 28 heavy (non-hydrogen) atoms. The van der Waals surface area contributed by atoms with Crippen LogP contribution in [0.1, 0.15) is 17.5 Å². The van der Waals surface area contributed by atoms with Crippen molar-refractivity contribution in [3.05, 3.63) is 58.1 Å². The van der Waals surface area contributed by atoms with Gasteiger partial charge in [-0.05, 0) is 43.7 Å². The molecule has 1 aromatic heterocycles. The molecule has 0 saturated heterocycles. The van der Waals surface area contributed by atoms with Crippen LogP contribution in [-0.2, 0) is 25.7 Å². The molecule has 0 spiro atoms. The van der Waals surface area contributed by atoms with Crippen LogP contribution >= 0.6 is 22.9 Å². The molecule has 0 unspecified atom stereocenters. The van der Waals surface area contributed by atoms with Crippen LogP contribution in [0.25, 0.3) is 10.2 Å². The van der Waals surface area contributed by atoms with Gasteiger partial charge in [0.25, 0.3) is 5.91 Å². The Balaban J connectivity index is 1.45. The van der Waals surface area contributed by atoms with E-state index >= 15 is 0 Å². The molecule has 2 aromatic carbocycles. The maximum absolute atomic E-state index is 12.2. The second-order valence-corrected chi connectivity index (χ2v) is 7.62. The lowest BCUT2D eigenvalue weighted by molar-refractivity contribution is -0.157. The zero-order valence-corrected chi connectivity index (χ0v) is 17.0. The van der Waals surface area contributed by atoms with Gasteiger partial charge in [-0.3, -0.25) is 4.79 Å². The third-order valence-corrected chi connectivity index (χ3v) is 5.41. The number of aromatic nitrogens is 1. The van der Waals surface area contributed by atoms with Gasteiger partial charge in [-0.2, -0.15) is 0 Å². The molecule has 1 atom stereocenters. The summed E-state index contributed by atoms with van der Waals surface area (Å²) >= 11 is 7.55. The third-order valence-electron chi connectivity index (χ3n) is 3.99. The number of esters is 1. The predicted molar refractivity (Wildman–Crippen MR) is 110 cm³/mol. The highest BCUT2D eigenvalue weighted by molar-refractivity contribution is 7.18. The zero-order valence-electron chi connectivity index (χ0n) is 15.4. The number of nitrogens with zero attached hydrogens (tertiary/aromatic N) is 1. The fourth-order valence-electron chi connectivity index (χ4n) is 2.47. The molecular weight excluding hydrogens is 400 g/mol. The van der Waals surface area contributed by atoms with Crippen LogP contribution in [0.2, 0.25) is 5.02 Å². The number of fused-ring (bicyclic) bond motifs is 1. The van der Waals surface area contributed by atoms with Crippen LogP contribution < -0.4 is 5.32 Å². The van der Waals surface area contributed by atoms with Gasteiger partial charge in [0.05, 0.1) is 16.8 Å². The summed E-state index contributed by atoms with van der Waals surface area (Å²) in [5.74, 6) is -1.06. The molecule has 0 aliphatic rings. The first-order valence-electron chi connectivity index (χ1n) is 8.61. The van der Waals surface area contributed by atoms with Gasteiger partial charge in [0, 0.05) is 10.7 Å². The Morgan fingerprint density at radius 2 is 2.00 bits per heavy atom. The number of thiazole rings is 1. The van der Waals surface area contributed by atoms with Gasteiger partial charge in [-0.1, -0.05) is 29.8 Å². The maximum Gasteiger partial charge on any atom is 0.332 e. The molecule has 0 fully saturated rings. The van der Waals surface area contributed by atoms with Crippen molar-refractivity contribution in [2.75, 3.05) is 11.9 Å². The Hall–Kier alpha value is -2.48. The van der Waals surface area contributed by atoms with Gasteiger partial charge in [-0.15, -0.1) is 11.3 Å². The van der Waals surface area contributed by atoms with Crippen molar-refractivity contribution in [3.8, 4) is 0 Å². The molecule has 0 radical (unpaired) electrons. The van der Waals surface area contributed by atoms with Crippen LogP contribution in [0, 0.1) is 6.92 Å². The lowest BCUT2D eigenvalue weighted by Crippen LogP contribution is -2.31. The summed E-state index contributed by atoms with van der Waals surface area (Å²) in [5.41, 5.74) is 2.22. The predicted octanol–water partition coefficient (Wildman–Crippen LogP) is 4.35. The number of hydrogen-bond acceptors (Lipinski definition) is 6. The highest BCUT2D eigenvalue weighted by Crippen LogP contribution is 2.23. The summed E-state index contributed by atoms with van der Waals surface area (Å²) in [6.45, 7) is 3.24. The average molecular weight is 419 g/mol. The highest BCUT2D eigenvalue weighted by atomic mass is 35.5. The number of nitrogens with one attached hydrogen (secondary N) is 1. The summed E-state index contributed by atoms with van der Waals surface area (Å²) in [5, 5.41) is 4.02. The molecule has 0 aliphatic heterocycles. The number of amides is 1. The number of anilines is 1. The number of para-hydroxylation sites is 1. The second kappa shape index (κ2) is 9.14. The molecule has 6 nitrogen and oxygen atoms in total. The first kappa shape index (κ1) is 20.3. The highest BCUT2D eigenvalue weighted by Gasteiger charge is 2.19. The van der Waals surface area contributed by atoms with Gasteiger partial charge in [-0.25, -0.2) is 9.78 Å². The minimum Gasteiger partial charge on any atom is -0.451 e. The Morgan fingerprint density at radius 1 is 1.21 bits per heavy atom. The van der Waals surface area contributed by atoms with E-state index in [4.69, 9.17) is 21.1 Å². The number of benzene rings is 2. The Kier molecular flexibility index (Phi) is 6.61. The molecule has 0 aliphatic carbocycles. The molecular formula is C20H19ClN2O4S. The van der Waals surface area contributed by atoms with E-state index in [1.165, 1.54) is 18.3 Å². The van der Waals surface area contributed by atoms with Crippen molar-refractivity contribution in [1.29, 1.82) is 0 Å². The van der Waals surface area contributed by atoms with E-state index in [9.17, 15) is 9.59 Å². The minimum atomic E-state index is -0.961. The van der Waals surface area contributed by atoms with Crippen molar-refractivity contribution in [2.45, 2.75) is 26.6 Å². The lowest BCUT2D eigenvalue weighted by atomic mass is 10.2. The number of ether oxygens (including phenoxy) is 2. The summed E-state index contributed by atoms with van der Waals surface area (Å²) in [7, 11) is 0. The summed E-state index contributed by atoms with van der Waals surface area (Å²) in [6, 6.07) is 13.0. The van der Waals surface area contributed by atoms with Crippen molar-refractivity contribution < 1.29 is 19.1 Å². The van der Waals surface area contributed by atoms with Gasteiger partial charge >= 0.3 is 5.97 Å². The number of carbonyl (C=O) groups is 2. The Labute approximate surface area is 171 Å². The van der Waals surface area contributed by atoms with Gasteiger partial charge in [0.15, 0.2) is 6.10 Å². The summed E-state index contributed by atoms with van der Waals surface area (Å²) in [4.78, 5) is 28.6. The maximum atomic E-state index is 12.2. The average Bonchev–Trinajstić information content (AvgIpc) is 3.08. The van der Waals surface area contributed by atoms with Crippen LogP contribution in [0.5, 0.6) is 0 Å². The topological polar surface area (TPSA) is 77.5 Å². The van der Waals surface area contributed by atoms with Crippen molar-refractivity contribution in [1.82, 2.24) is 4.98 Å². The molecule has 1 N–H and O–H groups in total. The molecule has 0 saturated carbocycles. The normalized spacial score (nSPS) is 12.0. The zero-order chi connectivity index (χ0) is 20.1. The fourth-order valence-corrected chi connectivity index (χ4v) is 3.54. The lowest BCUT2D eigenvalue weighted by Gasteiger charge is -2.15. The first-order chi connectivity index (χ1) is 13.4. The number of rotatable bonds is 7. The van der Waals surface area contributed by atoms with Crippen LogP contribution in [-0.4, -0.2) is 29.6 Å². The fraction of sp³-hybridized carbons (Fsp3) is 0.250. The number of hydrogen-bond donors (Lipinski definition) is 1. The van der Waals surface area contributed by atoms with Crippen LogP contribution in [0.3, 0.4) is 0 Å². The number of halogens is 1. The van der Waals surface area contributed by atoms with Gasteiger partial charge < -0.3 is 14.8 Å². The van der Waals surface area contributed by atoms with E-state index in [0.717, 1.165) is 20.8 Å². The SMILES string of the molecule is Cc1c(Cl)cccc1NC(=O)[C@H](C)OC(=O)COCc1nc2ccccc2s1.